The van der Waals surface area contributed by atoms with Gasteiger partial charge in [-0.3, -0.25) is 9.49 Å². The number of aromatic amines is 1. The summed E-state index contributed by atoms with van der Waals surface area (Å²) in [4.78, 5) is 4.49. The van der Waals surface area contributed by atoms with Gasteiger partial charge in [0.1, 0.15) is 5.82 Å². The standard InChI is InChI=1S/C13H13FN4S/c14-6-1-2-9-3-4-10-11(8-9)19-13(16-10)17-12-5-7-15-18-12/h3-5,7-8H,1-2,6H2,(H2,15,16,17,18). The van der Waals surface area contributed by atoms with Crippen LogP contribution in [0, 0.1) is 0 Å². The van der Waals surface area contributed by atoms with Crippen LogP contribution in [-0.2, 0) is 6.42 Å². The topological polar surface area (TPSA) is 53.6 Å². The molecule has 6 heteroatoms. The van der Waals surface area contributed by atoms with E-state index in [2.05, 4.69) is 26.6 Å². The molecule has 0 amide bonds. The molecule has 0 saturated carbocycles. The zero-order valence-corrected chi connectivity index (χ0v) is 11.0. The highest BCUT2D eigenvalue weighted by Crippen LogP contribution is 2.28. The van der Waals surface area contributed by atoms with Crippen LogP contribution in [0.15, 0.2) is 30.5 Å². The van der Waals surface area contributed by atoms with Crippen LogP contribution in [0.3, 0.4) is 0 Å². The second-order valence-corrected chi connectivity index (χ2v) is 5.24. The van der Waals surface area contributed by atoms with Gasteiger partial charge in [0.25, 0.3) is 0 Å². The number of H-pyrrole nitrogens is 1. The Morgan fingerprint density at radius 2 is 2.26 bits per heavy atom. The molecule has 3 rings (SSSR count). The molecule has 19 heavy (non-hydrogen) atoms. The molecule has 2 heterocycles. The summed E-state index contributed by atoms with van der Waals surface area (Å²) in [6.07, 6.45) is 3.03. The fourth-order valence-corrected chi connectivity index (χ4v) is 2.83. The lowest BCUT2D eigenvalue weighted by Crippen LogP contribution is -1.88. The SMILES string of the molecule is FCCCc1ccc2nc(Nc3ccn[nH]3)sc2c1. The van der Waals surface area contributed by atoms with Crippen molar-refractivity contribution in [2.75, 3.05) is 12.0 Å². The summed E-state index contributed by atoms with van der Waals surface area (Å²) in [5.74, 6) is 0.816. The van der Waals surface area contributed by atoms with E-state index in [9.17, 15) is 4.39 Å². The number of aryl methyl sites for hydroxylation is 1. The second kappa shape index (κ2) is 5.36. The molecule has 3 aromatic rings. The van der Waals surface area contributed by atoms with E-state index in [-0.39, 0.29) is 6.67 Å². The highest BCUT2D eigenvalue weighted by atomic mass is 32.1. The Hall–Kier alpha value is -1.95. The van der Waals surface area contributed by atoms with Crippen molar-refractivity contribution in [2.24, 2.45) is 0 Å². The predicted octanol–water partition coefficient (Wildman–Crippen LogP) is 3.67. The number of nitrogens with one attached hydrogen (secondary N) is 2. The molecule has 0 spiro atoms. The number of fused-ring (bicyclic) bond motifs is 1. The van der Waals surface area contributed by atoms with Crippen molar-refractivity contribution in [3.05, 3.63) is 36.0 Å². The summed E-state index contributed by atoms with van der Waals surface area (Å²) < 4.78 is 13.3. The van der Waals surface area contributed by atoms with E-state index in [1.165, 1.54) is 0 Å². The molecule has 0 atom stereocenters. The quantitative estimate of drug-likeness (QED) is 0.747. The first-order valence-electron chi connectivity index (χ1n) is 6.07. The van der Waals surface area contributed by atoms with Gasteiger partial charge in [-0.15, -0.1) is 0 Å². The summed E-state index contributed by atoms with van der Waals surface area (Å²) in [6, 6.07) is 7.93. The molecule has 0 saturated heterocycles. The average Bonchev–Trinajstić information content (AvgIpc) is 3.04. The lowest BCUT2D eigenvalue weighted by molar-refractivity contribution is 0.473. The zero-order chi connectivity index (χ0) is 13.1. The third-order valence-corrected chi connectivity index (χ3v) is 3.73. The molecule has 0 aliphatic rings. The number of aromatic nitrogens is 3. The first-order chi connectivity index (χ1) is 9.35. The van der Waals surface area contributed by atoms with Crippen molar-refractivity contribution in [2.45, 2.75) is 12.8 Å². The number of benzene rings is 1. The van der Waals surface area contributed by atoms with Crippen molar-refractivity contribution < 1.29 is 4.39 Å². The maximum atomic E-state index is 12.2. The van der Waals surface area contributed by atoms with E-state index in [0.29, 0.717) is 6.42 Å². The van der Waals surface area contributed by atoms with Crippen molar-refractivity contribution in [1.82, 2.24) is 15.2 Å². The minimum absolute atomic E-state index is 0.270. The van der Waals surface area contributed by atoms with Gasteiger partial charge >= 0.3 is 0 Å². The summed E-state index contributed by atoms with van der Waals surface area (Å²) in [6.45, 7) is -0.270. The van der Waals surface area contributed by atoms with Crippen LogP contribution in [0.2, 0.25) is 0 Å². The van der Waals surface area contributed by atoms with Gasteiger partial charge in [0.05, 0.1) is 23.1 Å². The Morgan fingerprint density at radius 3 is 3.05 bits per heavy atom. The lowest BCUT2D eigenvalue weighted by Gasteiger charge is -1.97. The second-order valence-electron chi connectivity index (χ2n) is 4.21. The van der Waals surface area contributed by atoms with Crippen molar-refractivity contribution >= 4 is 32.5 Å². The first-order valence-corrected chi connectivity index (χ1v) is 6.88. The average molecular weight is 276 g/mol. The molecular formula is C13H13FN4S. The molecule has 4 nitrogen and oxygen atoms in total. The van der Waals surface area contributed by atoms with Gasteiger partial charge in [-0.1, -0.05) is 17.4 Å². The van der Waals surface area contributed by atoms with Crippen LogP contribution in [0.25, 0.3) is 10.2 Å². The Labute approximate surface area is 113 Å². The van der Waals surface area contributed by atoms with Gasteiger partial charge in [0, 0.05) is 6.07 Å². The number of alkyl halides is 1. The Morgan fingerprint density at radius 1 is 1.32 bits per heavy atom. The van der Waals surface area contributed by atoms with Gasteiger partial charge in [0.15, 0.2) is 5.13 Å². The fraction of sp³-hybridized carbons (Fsp3) is 0.231. The van der Waals surface area contributed by atoms with E-state index in [1.807, 2.05) is 18.2 Å². The van der Waals surface area contributed by atoms with Crippen LogP contribution < -0.4 is 5.32 Å². The van der Waals surface area contributed by atoms with Crippen LogP contribution >= 0.6 is 11.3 Å². The van der Waals surface area contributed by atoms with Crippen LogP contribution in [-0.4, -0.2) is 21.9 Å². The molecule has 98 valence electrons. The molecule has 0 fully saturated rings. The fourth-order valence-electron chi connectivity index (χ4n) is 1.89. The summed E-state index contributed by atoms with van der Waals surface area (Å²) in [5, 5.41) is 10.7. The molecule has 1 aromatic carbocycles. The van der Waals surface area contributed by atoms with Gasteiger partial charge in [-0.05, 0) is 30.5 Å². The summed E-state index contributed by atoms with van der Waals surface area (Å²) in [7, 11) is 0. The van der Waals surface area contributed by atoms with Crippen molar-refractivity contribution in [3.8, 4) is 0 Å². The first kappa shape index (κ1) is 12.1. The minimum atomic E-state index is -0.270. The number of hydrogen-bond donors (Lipinski definition) is 2. The number of anilines is 2. The normalized spacial score (nSPS) is 11.0. The molecule has 0 radical (unpaired) electrons. The van der Waals surface area contributed by atoms with Gasteiger partial charge in [0.2, 0.25) is 0 Å². The number of nitrogens with zero attached hydrogens (tertiary/aromatic N) is 2. The largest absolute Gasteiger partial charge is 0.317 e. The Bertz CT molecular complexity index is 662. The molecule has 0 aliphatic heterocycles. The third-order valence-electron chi connectivity index (χ3n) is 2.79. The Balaban J connectivity index is 1.84. The van der Waals surface area contributed by atoms with Crippen LogP contribution in [0.1, 0.15) is 12.0 Å². The van der Waals surface area contributed by atoms with E-state index < -0.39 is 0 Å². The van der Waals surface area contributed by atoms with E-state index in [0.717, 1.165) is 33.2 Å². The molecule has 2 N–H and O–H groups in total. The molecule has 0 unspecified atom stereocenters. The summed E-state index contributed by atoms with van der Waals surface area (Å²) >= 11 is 1.58. The van der Waals surface area contributed by atoms with Gasteiger partial charge < -0.3 is 5.32 Å². The van der Waals surface area contributed by atoms with Gasteiger partial charge in [-0.25, -0.2) is 4.98 Å². The van der Waals surface area contributed by atoms with Crippen molar-refractivity contribution in [3.63, 3.8) is 0 Å². The molecule has 0 bridgehead atoms. The van der Waals surface area contributed by atoms with Crippen molar-refractivity contribution in [1.29, 1.82) is 0 Å². The molecule has 0 aliphatic carbocycles. The Kier molecular flexibility index (Phi) is 3.41. The van der Waals surface area contributed by atoms with E-state index in [4.69, 9.17) is 0 Å². The lowest BCUT2D eigenvalue weighted by atomic mass is 10.1. The van der Waals surface area contributed by atoms with E-state index >= 15 is 0 Å². The monoisotopic (exact) mass is 276 g/mol. The third kappa shape index (κ3) is 2.73. The molecule has 2 aromatic heterocycles. The maximum absolute atomic E-state index is 12.2. The number of rotatable bonds is 5. The highest BCUT2D eigenvalue weighted by molar-refractivity contribution is 7.22. The molecular weight excluding hydrogens is 263 g/mol. The smallest absolute Gasteiger partial charge is 0.189 e. The summed E-state index contributed by atoms with van der Waals surface area (Å²) in [5.41, 5.74) is 2.11. The number of hydrogen-bond acceptors (Lipinski definition) is 4. The van der Waals surface area contributed by atoms with Crippen LogP contribution in [0.5, 0.6) is 0 Å². The van der Waals surface area contributed by atoms with Gasteiger partial charge in [-0.2, -0.15) is 5.10 Å². The van der Waals surface area contributed by atoms with Crippen LogP contribution in [0.4, 0.5) is 15.3 Å². The predicted molar refractivity (Wildman–Crippen MR) is 75.8 cm³/mol. The van der Waals surface area contributed by atoms with E-state index in [1.54, 1.807) is 17.5 Å². The maximum Gasteiger partial charge on any atom is 0.189 e. The number of halogens is 1. The highest BCUT2D eigenvalue weighted by Gasteiger charge is 2.05. The zero-order valence-electron chi connectivity index (χ0n) is 10.2. The minimum Gasteiger partial charge on any atom is -0.317 e. The number of thiazole rings is 1.